The van der Waals surface area contributed by atoms with Crippen LogP contribution in [0.1, 0.15) is 16.8 Å². The quantitative estimate of drug-likeness (QED) is 0.453. The number of nitrogens with two attached hydrogens (primary N) is 1. The van der Waals surface area contributed by atoms with Crippen molar-refractivity contribution in [3.63, 3.8) is 0 Å². The zero-order valence-electron chi connectivity index (χ0n) is 14.7. The molecular formula is C16H15ClN6O5S. The lowest BCUT2D eigenvalue weighted by Gasteiger charge is -2.18. The number of nitro groups is 1. The fraction of sp³-hybridized carbons (Fsp3) is 0.250. The van der Waals surface area contributed by atoms with Gasteiger partial charge >= 0.3 is 11.7 Å². The number of rotatable bonds is 4. The van der Waals surface area contributed by atoms with Crippen LogP contribution in [-0.4, -0.2) is 49.7 Å². The first-order valence-electron chi connectivity index (χ1n) is 8.25. The van der Waals surface area contributed by atoms with Crippen LogP contribution in [0.15, 0.2) is 28.6 Å². The average Bonchev–Trinajstić information content (AvgIpc) is 3.32. The first-order valence-corrected chi connectivity index (χ1v) is 9.13. The Hall–Kier alpha value is -3.09. The van der Waals surface area contributed by atoms with E-state index >= 15 is 0 Å². The third-order valence-electron chi connectivity index (χ3n) is 4.52. The summed E-state index contributed by atoms with van der Waals surface area (Å²) >= 11 is 1.22. The highest BCUT2D eigenvalue weighted by molar-refractivity contribution is 7.12. The van der Waals surface area contributed by atoms with E-state index in [2.05, 4.69) is 9.97 Å². The molecule has 1 aliphatic heterocycles. The molecule has 1 fully saturated rings. The molecule has 152 valence electrons. The van der Waals surface area contributed by atoms with Gasteiger partial charge in [0.2, 0.25) is 11.2 Å². The van der Waals surface area contributed by atoms with Gasteiger partial charge in [0.25, 0.3) is 0 Å². The van der Waals surface area contributed by atoms with Crippen molar-refractivity contribution in [3.05, 3.63) is 49.7 Å². The van der Waals surface area contributed by atoms with E-state index in [0.29, 0.717) is 24.6 Å². The number of hydrogen-bond donors (Lipinski definition) is 2. The third-order valence-corrected chi connectivity index (χ3v) is 5.29. The van der Waals surface area contributed by atoms with E-state index in [-0.39, 0.29) is 41.0 Å². The molecule has 3 aromatic heterocycles. The van der Waals surface area contributed by atoms with Gasteiger partial charge in [-0.25, -0.2) is 14.8 Å². The fourth-order valence-corrected chi connectivity index (χ4v) is 3.83. The molecule has 3 N–H and O–H groups in total. The molecule has 1 saturated heterocycles. The Morgan fingerprint density at radius 2 is 2.21 bits per heavy atom. The molecule has 1 atom stereocenters. The lowest BCUT2D eigenvalue weighted by molar-refractivity contribution is -0.384. The number of carboxylic acids is 1. The Morgan fingerprint density at radius 1 is 1.45 bits per heavy atom. The molecule has 29 heavy (non-hydrogen) atoms. The summed E-state index contributed by atoms with van der Waals surface area (Å²) in [5.41, 5.74) is 4.30. The first-order chi connectivity index (χ1) is 13.4. The van der Waals surface area contributed by atoms with Crippen LogP contribution in [0.5, 0.6) is 0 Å². The fourth-order valence-electron chi connectivity index (χ4n) is 3.21. The summed E-state index contributed by atoms with van der Waals surface area (Å²) in [6.45, 7) is 0.892. The van der Waals surface area contributed by atoms with Crippen molar-refractivity contribution < 1.29 is 14.8 Å². The molecule has 0 radical (unpaired) electrons. The molecule has 0 saturated carbocycles. The zero-order chi connectivity index (χ0) is 20.0. The van der Waals surface area contributed by atoms with Crippen molar-refractivity contribution in [1.29, 1.82) is 0 Å². The van der Waals surface area contributed by atoms with E-state index in [1.54, 1.807) is 10.3 Å². The lowest BCUT2D eigenvalue weighted by Crippen LogP contribution is -2.28. The van der Waals surface area contributed by atoms with E-state index in [9.17, 15) is 24.8 Å². The van der Waals surface area contributed by atoms with Gasteiger partial charge in [-0.05, 0) is 6.42 Å². The normalized spacial score (nSPS) is 16.0. The average molecular weight is 439 g/mol. The minimum atomic E-state index is -1.44. The van der Waals surface area contributed by atoms with Gasteiger partial charge < -0.3 is 15.7 Å². The second-order valence-electron chi connectivity index (χ2n) is 6.32. The van der Waals surface area contributed by atoms with Crippen molar-refractivity contribution in [2.75, 3.05) is 18.0 Å². The highest BCUT2D eigenvalue weighted by Crippen LogP contribution is 2.32. The number of pyridine rings is 2. The molecule has 1 unspecified atom stereocenters. The maximum Gasteiger partial charge on any atom is 0.341 e. The van der Waals surface area contributed by atoms with Gasteiger partial charge in [0, 0.05) is 43.0 Å². The van der Waals surface area contributed by atoms with Crippen molar-refractivity contribution in [3.8, 4) is 5.13 Å². The Labute approximate surface area is 173 Å². The van der Waals surface area contributed by atoms with Gasteiger partial charge in [-0.15, -0.1) is 23.7 Å². The van der Waals surface area contributed by atoms with Gasteiger partial charge in [0.05, 0.1) is 10.3 Å². The van der Waals surface area contributed by atoms with Crippen LogP contribution in [0.3, 0.4) is 0 Å². The summed E-state index contributed by atoms with van der Waals surface area (Å²) < 4.78 is 1.37. The van der Waals surface area contributed by atoms with Gasteiger partial charge in [0.1, 0.15) is 5.56 Å². The number of hydrogen-bond acceptors (Lipinski definition) is 9. The summed E-state index contributed by atoms with van der Waals surface area (Å²) in [6.07, 6.45) is 3.33. The number of anilines is 1. The van der Waals surface area contributed by atoms with Crippen LogP contribution in [0.4, 0.5) is 11.5 Å². The number of thiazole rings is 1. The predicted molar refractivity (Wildman–Crippen MR) is 109 cm³/mol. The summed E-state index contributed by atoms with van der Waals surface area (Å²) in [5.74, 6) is -1.34. The molecular weight excluding hydrogens is 424 g/mol. The van der Waals surface area contributed by atoms with Gasteiger partial charge in [-0.2, -0.15) is 0 Å². The smallest absolute Gasteiger partial charge is 0.341 e. The van der Waals surface area contributed by atoms with Gasteiger partial charge in [-0.3, -0.25) is 19.5 Å². The number of carbonyl (C=O) groups is 1. The first kappa shape index (κ1) is 20.6. The molecule has 11 nitrogen and oxygen atoms in total. The summed E-state index contributed by atoms with van der Waals surface area (Å²) in [5, 5.41) is 22.9. The van der Waals surface area contributed by atoms with Crippen LogP contribution in [0, 0.1) is 10.1 Å². The Kier molecular flexibility index (Phi) is 5.50. The van der Waals surface area contributed by atoms with Crippen LogP contribution >= 0.6 is 23.7 Å². The van der Waals surface area contributed by atoms with E-state index in [1.165, 1.54) is 22.1 Å². The number of halogens is 1. The zero-order valence-corrected chi connectivity index (χ0v) is 16.4. The van der Waals surface area contributed by atoms with Crippen molar-refractivity contribution in [1.82, 2.24) is 14.5 Å². The predicted octanol–water partition coefficient (Wildman–Crippen LogP) is 1.41. The number of fused-ring (bicyclic) bond motifs is 1. The van der Waals surface area contributed by atoms with E-state index in [0.717, 1.165) is 12.3 Å². The van der Waals surface area contributed by atoms with Crippen LogP contribution in [0.25, 0.3) is 16.2 Å². The number of aromatic carboxylic acids is 1. The van der Waals surface area contributed by atoms with E-state index in [4.69, 9.17) is 5.73 Å². The Bertz CT molecular complexity index is 1160. The maximum absolute atomic E-state index is 12.6. The molecule has 0 bridgehead atoms. The molecule has 3 aromatic rings. The Balaban J connectivity index is 0.00000240. The van der Waals surface area contributed by atoms with Crippen LogP contribution in [0.2, 0.25) is 0 Å². The number of carboxylic acid groups (broad SMARTS) is 1. The molecule has 0 amide bonds. The molecule has 0 aliphatic carbocycles. The van der Waals surface area contributed by atoms with E-state index < -0.39 is 21.9 Å². The molecule has 4 rings (SSSR count). The summed E-state index contributed by atoms with van der Waals surface area (Å²) in [7, 11) is 0. The second kappa shape index (κ2) is 7.73. The minimum absolute atomic E-state index is 0. The van der Waals surface area contributed by atoms with E-state index in [1.807, 2.05) is 0 Å². The maximum atomic E-state index is 12.6. The standard InChI is InChI=1S/C16H14N6O5S.ClH/c17-8-1-3-20(6-8)14-11(22(26)27)5-9-12(23)10(15(24)25)7-21(13(9)19-14)16-18-2-4-28-16;/h2,4-5,7-8H,1,3,6,17H2,(H,24,25);1H. The van der Waals surface area contributed by atoms with Gasteiger partial charge in [0.15, 0.2) is 10.8 Å². The lowest BCUT2D eigenvalue weighted by atomic mass is 10.1. The van der Waals surface area contributed by atoms with Crippen LogP contribution < -0.4 is 16.1 Å². The van der Waals surface area contributed by atoms with Gasteiger partial charge in [-0.1, -0.05) is 0 Å². The van der Waals surface area contributed by atoms with Crippen molar-refractivity contribution in [2.24, 2.45) is 5.73 Å². The molecule has 1 aliphatic rings. The molecule has 0 spiro atoms. The monoisotopic (exact) mass is 438 g/mol. The number of nitrogens with zero attached hydrogens (tertiary/aromatic N) is 5. The molecule has 13 heteroatoms. The SMILES string of the molecule is Cl.NC1CCN(c2nc3c(cc2[N+](=O)[O-])c(=O)c(C(=O)O)cn3-c2nccs2)C1. The largest absolute Gasteiger partial charge is 0.477 e. The molecule has 4 heterocycles. The highest BCUT2D eigenvalue weighted by atomic mass is 35.5. The summed E-state index contributed by atoms with van der Waals surface area (Å²) in [6, 6.07) is 0.952. The van der Waals surface area contributed by atoms with Crippen LogP contribution in [-0.2, 0) is 0 Å². The second-order valence-corrected chi connectivity index (χ2v) is 7.19. The topological polar surface area (TPSA) is 157 Å². The summed E-state index contributed by atoms with van der Waals surface area (Å²) in [4.78, 5) is 45.4. The Morgan fingerprint density at radius 3 is 2.76 bits per heavy atom. The van der Waals surface area contributed by atoms with Crippen molar-refractivity contribution >= 4 is 52.3 Å². The number of aromatic nitrogens is 3. The van der Waals surface area contributed by atoms with Crippen molar-refractivity contribution in [2.45, 2.75) is 12.5 Å². The molecule has 0 aromatic carbocycles. The minimum Gasteiger partial charge on any atom is -0.477 e. The third kappa shape index (κ3) is 3.52. The highest BCUT2D eigenvalue weighted by Gasteiger charge is 2.30.